The highest BCUT2D eigenvalue weighted by Gasteiger charge is 2.35. The Morgan fingerprint density at radius 1 is 1.06 bits per heavy atom. The summed E-state index contributed by atoms with van der Waals surface area (Å²) in [6.45, 7) is 2.25. The number of aryl methyl sites for hydroxylation is 1. The Balaban J connectivity index is 1.84. The summed E-state index contributed by atoms with van der Waals surface area (Å²) in [7, 11) is 6.20. The lowest BCUT2D eigenvalue weighted by atomic mass is 10.1. The molecule has 0 spiro atoms. The number of rotatable bonds is 6. The molecule has 8 heteroatoms. The molecule has 0 bridgehead atoms. The number of amides is 3. The van der Waals surface area contributed by atoms with Gasteiger partial charge in [0.25, 0.3) is 5.91 Å². The normalized spacial score (nSPS) is 15.6. The molecule has 2 aromatic rings. The molecule has 164 valence electrons. The van der Waals surface area contributed by atoms with Crippen molar-refractivity contribution in [3.05, 3.63) is 47.5 Å². The van der Waals surface area contributed by atoms with E-state index in [0.717, 1.165) is 11.3 Å². The number of benzene rings is 2. The highest BCUT2D eigenvalue weighted by molar-refractivity contribution is 6.07. The Morgan fingerprint density at radius 3 is 2.26 bits per heavy atom. The molecular weight excluding hydrogens is 398 g/mol. The number of carbonyl (C=O) groups is 3. The van der Waals surface area contributed by atoms with Gasteiger partial charge in [0.2, 0.25) is 11.8 Å². The maximum absolute atomic E-state index is 13.0. The Hall–Kier alpha value is -3.55. The van der Waals surface area contributed by atoms with Gasteiger partial charge < -0.3 is 24.6 Å². The van der Waals surface area contributed by atoms with Crippen molar-refractivity contribution in [1.82, 2.24) is 4.90 Å². The Kier molecular flexibility index (Phi) is 6.48. The van der Waals surface area contributed by atoms with Crippen molar-refractivity contribution in [2.24, 2.45) is 5.92 Å². The molecule has 0 saturated carbocycles. The topological polar surface area (TPSA) is 88.2 Å². The number of carbonyl (C=O) groups excluding carboxylic acids is 3. The average Bonchev–Trinajstić information content (AvgIpc) is 3.15. The van der Waals surface area contributed by atoms with Crippen LogP contribution in [0.2, 0.25) is 0 Å². The first kappa shape index (κ1) is 22.1. The second-order valence-corrected chi connectivity index (χ2v) is 7.68. The average molecular weight is 425 g/mol. The van der Waals surface area contributed by atoms with Crippen molar-refractivity contribution in [2.45, 2.75) is 13.3 Å². The van der Waals surface area contributed by atoms with Crippen LogP contribution in [0.1, 0.15) is 22.3 Å². The fourth-order valence-corrected chi connectivity index (χ4v) is 3.49. The van der Waals surface area contributed by atoms with E-state index in [1.54, 1.807) is 25.1 Å². The molecule has 1 fully saturated rings. The molecule has 3 rings (SSSR count). The first-order valence-corrected chi connectivity index (χ1v) is 9.90. The summed E-state index contributed by atoms with van der Waals surface area (Å²) < 4.78 is 10.6. The van der Waals surface area contributed by atoms with Crippen LogP contribution in [0.3, 0.4) is 0 Å². The number of nitrogens with one attached hydrogen (secondary N) is 1. The fraction of sp³-hybridized carbons (Fsp3) is 0.348. The van der Waals surface area contributed by atoms with Crippen LogP contribution < -0.4 is 19.7 Å². The number of ether oxygens (including phenoxy) is 2. The largest absolute Gasteiger partial charge is 0.493 e. The van der Waals surface area contributed by atoms with Crippen LogP contribution in [0, 0.1) is 12.8 Å². The zero-order valence-corrected chi connectivity index (χ0v) is 18.4. The van der Waals surface area contributed by atoms with Gasteiger partial charge in [-0.1, -0.05) is 17.7 Å². The minimum absolute atomic E-state index is 0.101. The third-order valence-electron chi connectivity index (χ3n) is 5.26. The Bertz CT molecular complexity index is 1000. The van der Waals surface area contributed by atoms with E-state index in [9.17, 15) is 14.4 Å². The summed E-state index contributed by atoms with van der Waals surface area (Å²) in [5, 5.41) is 2.82. The maximum Gasteiger partial charge on any atom is 0.255 e. The lowest BCUT2D eigenvalue weighted by molar-refractivity contribution is -0.122. The number of methoxy groups -OCH3 is 2. The third-order valence-corrected chi connectivity index (χ3v) is 5.26. The summed E-state index contributed by atoms with van der Waals surface area (Å²) in [5.41, 5.74) is 2.44. The molecule has 1 atom stereocenters. The minimum Gasteiger partial charge on any atom is -0.493 e. The second kappa shape index (κ2) is 9.07. The van der Waals surface area contributed by atoms with Gasteiger partial charge in [0, 0.05) is 38.8 Å². The molecule has 1 aliphatic heterocycles. The standard InChI is InChI=1S/C23H27N3O5/c1-14-6-8-16(9-7-14)26-13-15(10-21(26)27)22(28)24-18-12-20(31-5)19(30-4)11-17(18)23(29)25(2)3/h6-9,11-12,15H,10,13H2,1-5H3,(H,24,28). The number of hydrogen-bond acceptors (Lipinski definition) is 5. The van der Waals surface area contributed by atoms with Gasteiger partial charge in [-0.3, -0.25) is 14.4 Å². The van der Waals surface area contributed by atoms with E-state index < -0.39 is 5.92 Å². The quantitative estimate of drug-likeness (QED) is 0.769. The molecule has 31 heavy (non-hydrogen) atoms. The van der Waals surface area contributed by atoms with E-state index in [1.165, 1.54) is 25.2 Å². The molecule has 1 N–H and O–H groups in total. The third kappa shape index (κ3) is 4.63. The predicted octanol–water partition coefficient (Wildman–Crippen LogP) is 2.71. The van der Waals surface area contributed by atoms with Crippen LogP contribution >= 0.6 is 0 Å². The molecule has 1 saturated heterocycles. The summed E-state index contributed by atoms with van der Waals surface area (Å²) in [6, 6.07) is 10.7. The number of hydrogen-bond donors (Lipinski definition) is 1. The molecule has 8 nitrogen and oxygen atoms in total. The van der Waals surface area contributed by atoms with E-state index in [-0.39, 0.29) is 36.3 Å². The van der Waals surface area contributed by atoms with E-state index in [2.05, 4.69) is 5.32 Å². The first-order valence-electron chi connectivity index (χ1n) is 9.90. The fourth-order valence-electron chi connectivity index (χ4n) is 3.49. The zero-order valence-electron chi connectivity index (χ0n) is 18.4. The van der Waals surface area contributed by atoms with Crippen LogP contribution in [0.15, 0.2) is 36.4 Å². The van der Waals surface area contributed by atoms with Crippen molar-refractivity contribution >= 4 is 29.1 Å². The smallest absolute Gasteiger partial charge is 0.255 e. The lowest BCUT2D eigenvalue weighted by Gasteiger charge is -2.19. The molecule has 0 aliphatic carbocycles. The molecule has 0 aromatic heterocycles. The Morgan fingerprint density at radius 2 is 1.68 bits per heavy atom. The van der Waals surface area contributed by atoms with E-state index in [4.69, 9.17) is 9.47 Å². The number of anilines is 2. The highest BCUT2D eigenvalue weighted by atomic mass is 16.5. The summed E-state index contributed by atoms with van der Waals surface area (Å²) >= 11 is 0. The van der Waals surface area contributed by atoms with Gasteiger partial charge in [0.1, 0.15) is 0 Å². The lowest BCUT2D eigenvalue weighted by Crippen LogP contribution is -2.29. The summed E-state index contributed by atoms with van der Waals surface area (Å²) in [4.78, 5) is 41.2. The first-order chi connectivity index (χ1) is 14.7. The monoisotopic (exact) mass is 425 g/mol. The van der Waals surface area contributed by atoms with Crippen LogP contribution in [-0.2, 0) is 9.59 Å². The number of nitrogens with zero attached hydrogens (tertiary/aromatic N) is 2. The van der Waals surface area contributed by atoms with Gasteiger partial charge in [0.05, 0.1) is 31.4 Å². The van der Waals surface area contributed by atoms with Crippen molar-refractivity contribution < 1.29 is 23.9 Å². The molecule has 3 amide bonds. The van der Waals surface area contributed by atoms with Crippen LogP contribution in [-0.4, -0.2) is 57.5 Å². The maximum atomic E-state index is 13.0. The predicted molar refractivity (Wildman–Crippen MR) is 118 cm³/mol. The molecule has 0 radical (unpaired) electrons. The van der Waals surface area contributed by atoms with Gasteiger partial charge in [0.15, 0.2) is 11.5 Å². The van der Waals surface area contributed by atoms with Crippen LogP contribution in [0.5, 0.6) is 11.5 Å². The van der Waals surface area contributed by atoms with Crippen molar-refractivity contribution in [1.29, 1.82) is 0 Å². The SMILES string of the molecule is COc1cc(NC(=O)C2CC(=O)N(c3ccc(C)cc3)C2)c(C(=O)N(C)C)cc1OC. The van der Waals surface area contributed by atoms with Crippen LogP contribution in [0.4, 0.5) is 11.4 Å². The zero-order chi connectivity index (χ0) is 22.7. The van der Waals surface area contributed by atoms with E-state index in [1.807, 2.05) is 31.2 Å². The van der Waals surface area contributed by atoms with Crippen molar-refractivity contribution in [3.8, 4) is 11.5 Å². The van der Waals surface area contributed by atoms with Gasteiger partial charge in [-0.25, -0.2) is 0 Å². The summed E-state index contributed by atoms with van der Waals surface area (Å²) in [6.07, 6.45) is 0.101. The van der Waals surface area contributed by atoms with Crippen molar-refractivity contribution in [3.63, 3.8) is 0 Å². The van der Waals surface area contributed by atoms with Gasteiger partial charge >= 0.3 is 0 Å². The van der Waals surface area contributed by atoms with E-state index >= 15 is 0 Å². The second-order valence-electron chi connectivity index (χ2n) is 7.68. The van der Waals surface area contributed by atoms with Gasteiger partial charge in [-0.2, -0.15) is 0 Å². The molecule has 1 aliphatic rings. The minimum atomic E-state index is -0.538. The van der Waals surface area contributed by atoms with E-state index in [0.29, 0.717) is 17.2 Å². The summed E-state index contributed by atoms with van der Waals surface area (Å²) in [5.74, 6) is -0.502. The van der Waals surface area contributed by atoms with Crippen LogP contribution in [0.25, 0.3) is 0 Å². The van der Waals surface area contributed by atoms with Crippen molar-refractivity contribution in [2.75, 3.05) is 45.1 Å². The molecular formula is C23H27N3O5. The molecule has 1 unspecified atom stereocenters. The Labute approximate surface area is 181 Å². The molecule has 2 aromatic carbocycles. The highest BCUT2D eigenvalue weighted by Crippen LogP contribution is 2.35. The van der Waals surface area contributed by atoms with Gasteiger partial charge in [-0.15, -0.1) is 0 Å². The van der Waals surface area contributed by atoms with Gasteiger partial charge in [-0.05, 0) is 25.1 Å². The molecule has 1 heterocycles.